The standard InChI is InChI=1S/C27H26BrN3O3S/c28-21-9-10-23-22(16-21)20(17-30(23)18-25(32)29-12-5-2-6-13-29)15-24-26(33)31(27(34)35-24)14-11-19-7-3-1-4-8-19/h1,3-4,7-10,15-17H,2,5-6,11-14,18H2/b24-15-. The van der Waals surface area contributed by atoms with E-state index in [0.29, 0.717) is 17.9 Å². The number of carbonyl (C=O) groups is 3. The zero-order chi connectivity index (χ0) is 24.4. The summed E-state index contributed by atoms with van der Waals surface area (Å²) in [6, 6.07) is 15.8. The van der Waals surface area contributed by atoms with Gasteiger partial charge in [0.1, 0.15) is 6.54 Å². The predicted molar refractivity (Wildman–Crippen MR) is 143 cm³/mol. The van der Waals surface area contributed by atoms with Gasteiger partial charge in [-0.15, -0.1) is 0 Å². The van der Waals surface area contributed by atoms with Crippen molar-refractivity contribution in [2.75, 3.05) is 19.6 Å². The van der Waals surface area contributed by atoms with E-state index in [1.165, 1.54) is 11.3 Å². The van der Waals surface area contributed by atoms with Crippen LogP contribution in [0, 0.1) is 0 Å². The molecule has 0 aliphatic carbocycles. The SMILES string of the molecule is O=C(Cn1cc(/C=C2\SC(=O)N(CCc3ccccc3)C2=O)c2cc(Br)ccc21)N1CCCCC1. The van der Waals surface area contributed by atoms with Crippen molar-refractivity contribution in [3.63, 3.8) is 0 Å². The van der Waals surface area contributed by atoms with E-state index in [2.05, 4.69) is 15.9 Å². The van der Waals surface area contributed by atoms with Crippen molar-refractivity contribution in [2.24, 2.45) is 0 Å². The molecule has 2 aliphatic heterocycles. The molecule has 0 atom stereocenters. The lowest BCUT2D eigenvalue weighted by Gasteiger charge is -2.27. The molecule has 2 aromatic carbocycles. The lowest BCUT2D eigenvalue weighted by Crippen LogP contribution is -2.37. The molecule has 1 aromatic heterocycles. The molecule has 3 aromatic rings. The third kappa shape index (κ3) is 5.23. The van der Waals surface area contributed by atoms with Gasteiger partial charge in [0.15, 0.2) is 0 Å². The number of benzene rings is 2. The van der Waals surface area contributed by atoms with Crippen LogP contribution in [0.3, 0.4) is 0 Å². The monoisotopic (exact) mass is 551 g/mol. The Balaban J connectivity index is 1.39. The summed E-state index contributed by atoms with van der Waals surface area (Å²) in [6.07, 6.45) is 7.60. The molecule has 0 unspecified atom stereocenters. The number of piperidine rings is 1. The van der Waals surface area contributed by atoms with Crippen LogP contribution in [0.2, 0.25) is 0 Å². The maximum atomic E-state index is 13.1. The second-order valence-corrected chi connectivity index (χ2v) is 10.8. The minimum absolute atomic E-state index is 0.109. The maximum absolute atomic E-state index is 13.1. The highest BCUT2D eigenvalue weighted by atomic mass is 79.9. The summed E-state index contributed by atoms with van der Waals surface area (Å²) in [7, 11) is 0. The number of hydrogen-bond acceptors (Lipinski definition) is 4. The van der Waals surface area contributed by atoms with E-state index in [9.17, 15) is 14.4 Å². The van der Waals surface area contributed by atoms with Crippen LogP contribution in [0.1, 0.15) is 30.4 Å². The first-order chi connectivity index (χ1) is 17.0. The van der Waals surface area contributed by atoms with E-state index in [0.717, 1.165) is 64.2 Å². The maximum Gasteiger partial charge on any atom is 0.293 e. The van der Waals surface area contributed by atoms with E-state index >= 15 is 0 Å². The summed E-state index contributed by atoms with van der Waals surface area (Å²) >= 11 is 4.51. The average molecular weight is 552 g/mol. The molecule has 180 valence electrons. The number of aromatic nitrogens is 1. The molecular weight excluding hydrogens is 526 g/mol. The van der Waals surface area contributed by atoms with Crippen molar-refractivity contribution in [1.82, 2.24) is 14.4 Å². The zero-order valence-corrected chi connectivity index (χ0v) is 21.7. The molecule has 5 rings (SSSR count). The molecule has 0 radical (unpaired) electrons. The molecule has 6 nitrogen and oxygen atoms in total. The van der Waals surface area contributed by atoms with Crippen molar-refractivity contribution in [1.29, 1.82) is 0 Å². The van der Waals surface area contributed by atoms with Gasteiger partial charge in [-0.1, -0.05) is 46.3 Å². The zero-order valence-electron chi connectivity index (χ0n) is 19.3. The van der Waals surface area contributed by atoms with Gasteiger partial charge in [0.2, 0.25) is 5.91 Å². The summed E-state index contributed by atoms with van der Waals surface area (Å²) in [5.41, 5.74) is 2.83. The fourth-order valence-electron chi connectivity index (χ4n) is 4.65. The lowest BCUT2D eigenvalue weighted by molar-refractivity contribution is -0.132. The van der Waals surface area contributed by atoms with Crippen molar-refractivity contribution < 1.29 is 14.4 Å². The Hall–Kier alpha value is -2.84. The van der Waals surface area contributed by atoms with E-state index < -0.39 is 0 Å². The number of halogens is 1. The summed E-state index contributed by atoms with van der Waals surface area (Å²) in [6.45, 7) is 2.23. The molecule has 0 saturated carbocycles. The first-order valence-electron chi connectivity index (χ1n) is 11.8. The first-order valence-corrected chi connectivity index (χ1v) is 13.5. The molecule has 3 heterocycles. The Labute approximate surface area is 217 Å². The molecule has 3 amide bonds. The van der Waals surface area contributed by atoms with Gasteiger partial charge in [0.25, 0.3) is 11.1 Å². The highest BCUT2D eigenvalue weighted by molar-refractivity contribution is 9.10. The number of rotatable bonds is 6. The van der Waals surface area contributed by atoms with Gasteiger partial charge in [-0.3, -0.25) is 19.3 Å². The van der Waals surface area contributed by atoms with Crippen LogP contribution in [0.15, 0.2) is 64.1 Å². The Morgan fingerprint density at radius 1 is 1.03 bits per heavy atom. The molecule has 0 bridgehead atoms. The van der Waals surface area contributed by atoms with Crippen LogP contribution in [-0.2, 0) is 22.6 Å². The van der Waals surface area contributed by atoms with E-state index in [1.807, 2.05) is 64.2 Å². The number of hydrogen-bond donors (Lipinski definition) is 0. The van der Waals surface area contributed by atoms with Crippen molar-refractivity contribution >= 4 is 61.7 Å². The predicted octanol–water partition coefficient (Wildman–Crippen LogP) is 5.70. The Kier molecular flexibility index (Phi) is 7.11. The van der Waals surface area contributed by atoms with E-state index in [-0.39, 0.29) is 23.6 Å². The van der Waals surface area contributed by atoms with Crippen LogP contribution >= 0.6 is 27.7 Å². The largest absolute Gasteiger partial charge is 0.341 e. The van der Waals surface area contributed by atoms with Gasteiger partial charge in [-0.25, -0.2) is 0 Å². The molecule has 2 saturated heterocycles. The molecule has 35 heavy (non-hydrogen) atoms. The summed E-state index contributed by atoms with van der Waals surface area (Å²) in [4.78, 5) is 42.3. The van der Waals surface area contributed by atoms with Crippen LogP contribution in [0.25, 0.3) is 17.0 Å². The highest BCUT2D eigenvalue weighted by Crippen LogP contribution is 2.35. The smallest absolute Gasteiger partial charge is 0.293 e. The molecule has 2 aliphatic rings. The fourth-order valence-corrected chi connectivity index (χ4v) is 5.87. The average Bonchev–Trinajstić information content (AvgIpc) is 3.34. The first kappa shape index (κ1) is 23.9. The van der Waals surface area contributed by atoms with Gasteiger partial charge in [-0.05, 0) is 67.3 Å². The topological polar surface area (TPSA) is 62.6 Å². The molecule has 0 spiro atoms. The fraction of sp³-hybridized carbons (Fsp3) is 0.296. The highest BCUT2D eigenvalue weighted by Gasteiger charge is 2.35. The number of imide groups is 1. The Bertz CT molecular complexity index is 1310. The number of thioether (sulfide) groups is 1. The Morgan fingerprint density at radius 3 is 2.57 bits per heavy atom. The van der Waals surface area contributed by atoms with Crippen molar-refractivity contribution in [2.45, 2.75) is 32.2 Å². The van der Waals surface area contributed by atoms with Crippen LogP contribution in [0.4, 0.5) is 4.79 Å². The van der Waals surface area contributed by atoms with Gasteiger partial charge in [0.05, 0.1) is 4.91 Å². The molecule has 2 fully saturated rings. The number of likely N-dealkylation sites (tertiary alicyclic amines) is 1. The van der Waals surface area contributed by atoms with Crippen LogP contribution in [-0.4, -0.2) is 51.1 Å². The number of nitrogens with zero attached hydrogens (tertiary/aromatic N) is 3. The third-order valence-corrected chi connectivity index (χ3v) is 7.92. The van der Waals surface area contributed by atoms with E-state index in [4.69, 9.17) is 0 Å². The lowest BCUT2D eigenvalue weighted by atomic mass is 10.1. The quantitative estimate of drug-likeness (QED) is 0.369. The van der Waals surface area contributed by atoms with Gasteiger partial charge in [0, 0.05) is 46.8 Å². The van der Waals surface area contributed by atoms with Gasteiger partial charge in [-0.2, -0.15) is 0 Å². The van der Waals surface area contributed by atoms with E-state index in [1.54, 1.807) is 6.08 Å². The minimum Gasteiger partial charge on any atom is -0.341 e. The van der Waals surface area contributed by atoms with Crippen molar-refractivity contribution in [3.05, 3.63) is 75.2 Å². The second-order valence-electron chi connectivity index (χ2n) is 8.88. The number of amides is 3. The van der Waals surface area contributed by atoms with Crippen LogP contribution < -0.4 is 0 Å². The number of carbonyl (C=O) groups excluding carboxylic acids is 3. The molecule has 0 N–H and O–H groups in total. The number of fused-ring (bicyclic) bond motifs is 1. The summed E-state index contributed by atoms with van der Waals surface area (Å²) in [5, 5.41) is 0.685. The van der Waals surface area contributed by atoms with Gasteiger partial charge >= 0.3 is 0 Å². The third-order valence-electron chi connectivity index (χ3n) is 6.52. The summed E-state index contributed by atoms with van der Waals surface area (Å²) in [5.74, 6) is -0.159. The second kappa shape index (κ2) is 10.4. The van der Waals surface area contributed by atoms with Crippen molar-refractivity contribution in [3.8, 4) is 0 Å². The summed E-state index contributed by atoms with van der Waals surface area (Å²) < 4.78 is 2.86. The van der Waals surface area contributed by atoms with Crippen LogP contribution in [0.5, 0.6) is 0 Å². The van der Waals surface area contributed by atoms with Gasteiger partial charge < -0.3 is 9.47 Å². The molecular formula is C27H26BrN3O3S. The Morgan fingerprint density at radius 2 is 1.80 bits per heavy atom. The molecule has 8 heteroatoms. The minimum atomic E-state index is -0.267. The normalized spacial score (nSPS) is 17.7.